The summed E-state index contributed by atoms with van der Waals surface area (Å²) in [6.45, 7) is 7.81. The lowest BCUT2D eigenvalue weighted by molar-refractivity contribution is 0.0703. The van der Waals surface area contributed by atoms with Gasteiger partial charge in [0.1, 0.15) is 0 Å². The Balaban J connectivity index is 3.70. The average Bonchev–Trinajstić information content (AvgIpc) is 2.05. The highest BCUT2D eigenvalue weighted by molar-refractivity contribution is 4.92. The second kappa shape index (κ2) is 5.33. The lowest BCUT2D eigenvalue weighted by Gasteiger charge is -2.26. The zero-order valence-corrected chi connectivity index (χ0v) is 8.08. The Morgan fingerprint density at radius 1 is 1.42 bits per heavy atom. The van der Waals surface area contributed by atoms with Gasteiger partial charge in [0.05, 0.1) is 6.10 Å². The van der Waals surface area contributed by atoms with Crippen molar-refractivity contribution in [3.63, 3.8) is 0 Å². The first-order valence-electron chi connectivity index (χ1n) is 4.47. The first-order valence-corrected chi connectivity index (χ1v) is 4.47. The van der Waals surface area contributed by atoms with Crippen LogP contribution in [0.25, 0.3) is 0 Å². The maximum absolute atomic E-state index is 9.65. The smallest absolute Gasteiger partial charge is 0.0625 e. The van der Waals surface area contributed by atoms with Gasteiger partial charge in [-0.15, -0.1) is 6.58 Å². The fourth-order valence-electron chi connectivity index (χ4n) is 0.958. The van der Waals surface area contributed by atoms with Crippen molar-refractivity contribution in [2.45, 2.75) is 39.2 Å². The van der Waals surface area contributed by atoms with Crippen molar-refractivity contribution in [3.05, 3.63) is 12.7 Å². The fraction of sp³-hybridized carbons (Fsp3) is 0.800. The maximum atomic E-state index is 9.65. The molecule has 0 heterocycles. The van der Waals surface area contributed by atoms with Gasteiger partial charge in [-0.25, -0.2) is 0 Å². The maximum Gasteiger partial charge on any atom is 0.0625 e. The predicted octanol–water partition coefficient (Wildman–Crippen LogP) is 1.72. The van der Waals surface area contributed by atoms with Gasteiger partial charge in [0.2, 0.25) is 0 Å². The van der Waals surface area contributed by atoms with Gasteiger partial charge in [0.15, 0.2) is 0 Å². The monoisotopic (exact) mass is 172 g/mol. The Morgan fingerprint density at radius 3 is 2.42 bits per heavy atom. The van der Waals surface area contributed by atoms with E-state index in [9.17, 15) is 5.11 Å². The van der Waals surface area contributed by atoms with Crippen LogP contribution in [0.1, 0.15) is 33.1 Å². The van der Waals surface area contributed by atoms with E-state index in [-0.39, 0.29) is 18.1 Å². The molecule has 0 aliphatic rings. The van der Waals surface area contributed by atoms with Crippen LogP contribution >= 0.6 is 0 Å². The Hall–Kier alpha value is -0.340. The van der Waals surface area contributed by atoms with Gasteiger partial charge in [-0.3, -0.25) is 0 Å². The van der Waals surface area contributed by atoms with Gasteiger partial charge in [-0.05, 0) is 19.3 Å². The highest BCUT2D eigenvalue weighted by atomic mass is 16.3. The van der Waals surface area contributed by atoms with Gasteiger partial charge in [-0.1, -0.05) is 19.9 Å². The van der Waals surface area contributed by atoms with Crippen molar-refractivity contribution in [1.82, 2.24) is 0 Å². The normalized spacial score (nSPS) is 14.3. The van der Waals surface area contributed by atoms with E-state index in [0.717, 1.165) is 19.3 Å². The van der Waals surface area contributed by atoms with Gasteiger partial charge in [0.25, 0.3) is 0 Å². The van der Waals surface area contributed by atoms with Crippen molar-refractivity contribution in [3.8, 4) is 0 Å². The number of aliphatic hydroxyl groups is 2. The second-order valence-electron chi connectivity index (χ2n) is 3.76. The Morgan fingerprint density at radius 2 is 2.00 bits per heavy atom. The molecule has 2 heteroatoms. The molecule has 0 bridgehead atoms. The largest absolute Gasteiger partial charge is 0.396 e. The molecule has 0 aromatic rings. The van der Waals surface area contributed by atoms with E-state index in [2.05, 4.69) is 6.58 Å². The molecule has 0 saturated carbocycles. The van der Waals surface area contributed by atoms with E-state index < -0.39 is 0 Å². The molecule has 0 saturated heterocycles. The molecule has 1 unspecified atom stereocenters. The summed E-state index contributed by atoms with van der Waals surface area (Å²) in [7, 11) is 0. The fourth-order valence-corrected chi connectivity index (χ4v) is 0.958. The lowest BCUT2D eigenvalue weighted by Crippen LogP contribution is -2.26. The van der Waals surface area contributed by atoms with Crippen LogP contribution in [-0.4, -0.2) is 22.9 Å². The molecule has 0 fully saturated rings. The van der Waals surface area contributed by atoms with E-state index in [1.165, 1.54) is 0 Å². The molecule has 0 aromatic carbocycles. The molecule has 0 rings (SSSR count). The van der Waals surface area contributed by atoms with E-state index in [1.54, 1.807) is 6.08 Å². The number of aliphatic hydroxyl groups excluding tert-OH is 2. The van der Waals surface area contributed by atoms with Gasteiger partial charge >= 0.3 is 0 Å². The highest BCUT2D eigenvalue weighted by Crippen LogP contribution is 2.25. The van der Waals surface area contributed by atoms with Crippen molar-refractivity contribution >= 4 is 0 Å². The van der Waals surface area contributed by atoms with Crippen LogP contribution < -0.4 is 0 Å². The first-order chi connectivity index (χ1) is 5.54. The number of hydrogen-bond donors (Lipinski definition) is 2. The third-order valence-corrected chi connectivity index (χ3v) is 2.27. The third-order valence-electron chi connectivity index (χ3n) is 2.27. The van der Waals surface area contributed by atoms with E-state index >= 15 is 0 Å². The van der Waals surface area contributed by atoms with Crippen molar-refractivity contribution < 1.29 is 10.2 Å². The van der Waals surface area contributed by atoms with Crippen LogP contribution in [0.3, 0.4) is 0 Å². The molecule has 2 nitrogen and oxygen atoms in total. The van der Waals surface area contributed by atoms with Crippen LogP contribution in [0.2, 0.25) is 0 Å². The van der Waals surface area contributed by atoms with E-state index in [4.69, 9.17) is 5.11 Å². The van der Waals surface area contributed by atoms with Gasteiger partial charge in [-0.2, -0.15) is 0 Å². The molecule has 0 radical (unpaired) electrons. The van der Waals surface area contributed by atoms with Crippen molar-refractivity contribution in [2.24, 2.45) is 5.41 Å². The molecule has 0 spiro atoms. The molecule has 2 N–H and O–H groups in total. The molecule has 12 heavy (non-hydrogen) atoms. The van der Waals surface area contributed by atoms with E-state index in [1.807, 2.05) is 13.8 Å². The average molecular weight is 172 g/mol. The Bertz CT molecular complexity index is 130. The summed E-state index contributed by atoms with van der Waals surface area (Å²) in [6.07, 6.45) is 3.80. The van der Waals surface area contributed by atoms with Crippen molar-refractivity contribution in [2.75, 3.05) is 6.61 Å². The molecule has 72 valence electrons. The predicted molar refractivity (Wildman–Crippen MR) is 50.9 cm³/mol. The second-order valence-corrected chi connectivity index (χ2v) is 3.76. The molecule has 0 aromatic heterocycles. The standard InChI is InChI=1S/C10H20O2/c1-4-10(2,3)9(12)7-5-6-8-11/h4,9,11-12H,1,5-8H2,2-3H3. The van der Waals surface area contributed by atoms with E-state index in [0.29, 0.717) is 0 Å². The first kappa shape index (κ1) is 11.7. The molecule has 0 aliphatic heterocycles. The molecule has 1 atom stereocenters. The minimum absolute atomic E-state index is 0.210. The van der Waals surface area contributed by atoms with Crippen LogP contribution in [0.5, 0.6) is 0 Å². The number of rotatable bonds is 6. The summed E-state index contributed by atoms with van der Waals surface area (Å²) in [4.78, 5) is 0. The lowest BCUT2D eigenvalue weighted by atomic mass is 9.84. The zero-order valence-electron chi connectivity index (χ0n) is 8.08. The summed E-state index contributed by atoms with van der Waals surface area (Å²) in [5, 5.41) is 18.2. The van der Waals surface area contributed by atoms with Crippen LogP contribution in [0.15, 0.2) is 12.7 Å². The summed E-state index contributed by atoms with van der Waals surface area (Å²) in [5.41, 5.74) is -0.213. The summed E-state index contributed by atoms with van der Waals surface area (Å²) < 4.78 is 0. The highest BCUT2D eigenvalue weighted by Gasteiger charge is 2.23. The Kier molecular flexibility index (Phi) is 5.18. The number of hydrogen-bond acceptors (Lipinski definition) is 2. The van der Waals surface area contributed by atoms with Crippen LogP contribution in [0, 0.1) is 5.41 Å². The van der Waals surface area contributed by atoms with Crippen LogP contribution in [0.4, 0.5) is 0 Å². The summed E-state index contributed by atoms with van der Waals surface area (Å²) in [6, 6.07) is 0. The minimum atomic E-state index is -0.346. The molecular formula is C10H20O2. The SMILES string of the molecule is C=CC(C)(C)C(O)CCCCO. The van der Waals surface area contributed by atoms with Crippen molar-refractivity contribution in [1.29, 1.82) is 0 Å². The zero-order chi connectivity index (χ0) is 9.61. The summed E-state index contributed by atoms with van der Waals surface area (Å²) >= 11 is 0. The molecule has 0 amide bonds. The summed E-state index contributed by atoms with van der Waals surface area (Å²) in [5.74, 6) is 0. The van der Waals surface area contributed by atoms with Gasteiger partial charge in [0, 0.05) is 12.0 Å². The van der Waals surface area contributed by atoms with Crippen LogP contribution in [-0.2, 0) is 0 Å². The third kappa shape index (κ3) is 3.88. The molecule has 0 aliphatic carbocycles. The van der Waals surface area contributed by atoms with Gasteiger partial charge < -0.3 is 10.2 Å². The topological polar surface area (TPSA) is 40.5 Å². The quantitative estimate of drug-likeness (QED) is 0.473. The molecular weight excluding hydrogens is 152 g/mol. The number of unbranched alkanes of at least 4 members (excludes halogenated alkanes) is 1. The minimum Gasteiger partial charge on any atom is -0.396 e. The Labute approximate surface area is 74.9 Å².